The topological polar surface area (TPSA) is 84.6 Å². The fourth-order valence-corrected chi connectivity index (χ4v) is 2.97. The van der Waals surface area contributed by atoms with Gasteiger partial charge in [-0.3, -0.25) is 4.79 Å². The Morgan fingerprint density at radius 1 is 1.42 bits per heavy atom. The number of benzene rings is 1. The van der Waals surface area contributed by atoms with E-state index in [2.05, 4.69) is 10.5 Å². The van der Waals surface area contributed by atoms with Gasteiger partial charge in [-0.05, 0) is 31.4 Å². The van der Waals surface area contributed by atoms with Gasteiger partial charge in [0.25, 0.3) is 5.91 Å². The Morgan fingerprint density at radius 2 is 2.21 bits per heavy atom. The highest BCUT2D eigenvalue weighted by Crippen LogP contribution is 2.24. The number of rotatable bonds is 4. The summed E-state index contributed by atoms with van der Waals surface area (Å²) in [7, 11) is 1.54. The van der Waals surface area contributed by atoms with Crippen molar-refractivity contribution in [1.82, 2.24) is 10.5 Å². The number of methoxy groups -OCH3 is 1. The van der Waals surface area contributed by atoms with Crippen molar-refractivity contribution in [1.29, 1.82) is 0 Å². The molecule has 0 unspecified atom stereocenters. The Kier molecular flexibility index (Phi) is 4.92. The lowest BCUT2D eigenvalue weighted by Crippen LogP contribution is -2.51. The molecule has 128 valence electrons. The number of halogens is 1. The normalized spacial score (nSPS) is 23.9. The molecular weight excluding hydrogens is 315 g/mol. The molecule has 24 heavy (non-hydrogen) atoms. The van der Waals surface area contributed by atoms with E-state index in [1.54, 1.807) is 18.2 Å². The van der Waals surface area contributed by atoms with Gasteiger partial charge in [-0.1, -0.05) is 17.3 Å². The van der Waals surface area contributed by atoms with Crippen molar-refractivity contribution in [3.05, 3.63) is 41.9 Å². The molecule has 0 radical (unpaired) electrons. The predicted octanol–water partition coefficient (Wildman–Crippen LogP) is 2.14. The van der Waals surface area contributed by atoms with Gasteiger partial charge in [-0.2, -0.15) is 0 Å². The van der Waals surface area contributed by atoms with Crippen LogP contribution in [0.15, 0.2) is 34.9 Å². The summed E-state index contributed by atoms with van der Waals surface area (Å²) in [5.74, 6) is -0.964. The lowest BCUT2D eigenvalue weighted by atomic mass is 9.90. The number of carbonyl (C=O) groups excluding carboxylic acids is 1. The van der Waals surface area contributed by atoms with Gasteiger partial charge >= 0.3 is 0 Å². The molecule has 0 aliphatic heterocycles. The van der Waals surface area contributed by atoms with E-state index in [9.17, 15) is 14.3 Å². The first-order valence-corrected chi connectivity index (χ1v) is 7.83. The summed E-state index contributed by atoms with van der Waals surface area (Å²) in [6.45, 7) is 0. The van der Waals surface area contributed by atoms with E-state index in [0.29, 0.717) is 6.42 Å². The number of aliphatic hydroxyl groups excluding tert-OH is 1. The van der Waals surface area contributed by atoms with Crippen LogP contribution in [0, 0.1) is 5.82 Å². The van der Waals surface area contributed by atoms with Gasteiger partial charge in [0.2, 0.25) is 5.76 Å². The molecule has 1 amide bonds. The molecule has 1 heterocycles. The molecule has 7 heteroatoms. The number of hydrogen-bond acceptors (Lipinski definition) is 5. The molecule has 1 aliphatic carbocycles. The van der Waals surface area contributed by atoms with Crippen LogP contribution in [-0.2, 0) is 4.74 Å². The fraction of sp³-hybridized carbons (Fsp3) is 0.412. The summed E-state index contributed by atoms with van der Waals surface area (Å²) in [6, 6.07) is 7.09. The maximum absolute atomic E-state index is 13.8. The molecule has 1 aromatic carbocycles. The molecule has 2 aromatic rings. The predicted molar refractivity (Wildman–Crippen MR) is 83.8 cm³/mol. The minimum atomic E-state index is -0.776. The molecule has 3 rings (SSSR count). The molecule has 0 spiro atoms. The number of nitrogens with zero attached hydrogens (tertiary/aromatic N) is 1. The highest BCUT2D eigenvalue weighted by Gasteiger charge is 2.33. The highest BCUT2D eigenvalue weighted by atomic mass is 19.1. The molecular formula is C17H19FN2O4. The largest absolute Gasteiger partial charge is 0.388 e. The van der Waals surface area contributed by atoms with E-state index >= 15 is 0 Å². The Labute approximate surface area is 138 Å². The lowest BCUT2D eigenvalue weighted by molar-refractivity contribution is -0.0514. The molecule has 3 atom stereocenters. The minimum absolute atomic E-state index is 0.0278. The second kappa shape index (κ2) is 7.11. The van der Waals surface area contributed by atoms with Crippen molar-refractivity contribution in [2.45, 2.75) is 37.5 Å². The van der Waals surface area contributed by atoms with Crippen molar-refractivity contribution in [3.63, 3.8) is 0 Å². The zero-order valence-corrected chi connectivity index (χ0v) is 13.2. The summed E-state index contributed by atoms with van der Waals surface area (Å²) in [4.78, 5) is 12.3. The Balaban J connectivity index is 1.71. The number of ether oxygens (including phenoxy) is 1. The van der Waals surface area contributed by atoms with Gasteiger partial charge in [-0.15, -0.1) is 0 Å². The number of aliphatic hydroxyl groups is 1. The van der Waals surface area contributed by atoms with E-state index in [1.165, 1.54) is 19.2 Å². The van der Waals surface area contributed by atoms with Crippen LogP contribution in [0.2, 0.25) is 0 Å². The zero-order valence-electron chi connectivity index (χ0n) is 13.2. The van der Waals surface area contributed by atoms with E-state index in [1.807, 2.05) is 0 Å². The zero-order chi connectivity index (χ0) is 17.1. The average Bonchev–Trinajstić information content (AvgIpc) is 3.07. The molecule has 1 aliphatic rings. The van der Waals surface area contributed by atoms with Crippen molar-refractivity contribution in [2.75, 3.05) is 7.11 Å². The van der Waals surface area contributed by atoms with Crippen molar-refractivity contribution in [3.8, 4) is 11.3 Å². The van der Waals surface area contributed by atoms with E-state index in [-0.39, 0.29) is 23.1 Å². The summed E-state index contributed by atoms with van der Waals surface area (Å²) < 4.78 is 24.0. The van der Waals surface area contributed by atoms with Crippen LogP contribution in [0.4, 0.5) is 4.39 Å². The van der Waals surface area contributed by atoms with E-state index in [4.69, 9.17) is 9.26 Å². The summed E-state index contributed by atoms with van der Waals surface area (Å²) in [6.07, 6.45) is 1.18. The van der Waals surface area contributed by atoms with Crippen LogP contribution in [0.1, 0.15) is 29.8 Å². The fourth-order valence-electron chi connectivity index (χ4n) is 2.97. The first-order chi connectivity index (χ1) is 11.6. The first kappa shape index (κ1) is 16.6. The van der Waals surface area contributed by atoms with E-state index < -0.39 is 23.9 Å². The second-order valence-electron chi connectivity index (χ2n) is 5.83. The van der Waals surface area contributed by atoms with Crippen LogP contribution < -0.4 is 5.32 Å². The van der Waals surface area contributed by atoms with Gasteiger partial charge in [0.05, 0.1) is 12.1 Å². The van der Waals surface area contributed by atoms with Crippen LogP contribution >= 0.6 is 0 Å². The quantitative estimate of drug-likeness (QED) is 0.895. The van der Waals surface area contributed by atoms with Gasteiger partial charge in [0, 0.05) is 18.7 Å². The van der Waals surface area contributed by atoms with Gasteiger partial charge < -0.3 is 19.7 Å². The van der Waals surface area contributed by atoms with Crippen molar-refractivity contribution >= 4 is 5.91 Å². The molecule has 2 N–H and O–H groups in total. The van der Waals surface area contributed by atoms with Crippen molar-refractivity contribution < 1.29 is 23.6 Å². The SMILES string of the molecule is CO[C@@H]1CCC[C@@H](NC(=O)c2cc(-c3ccccc3F)no2)[C@H]1O. The maximum atomic E-state index is 13.8. The summed E-state index contributed by atoms with van der Waals surface area (Å²) in [5.41, 5.74) is 0.509. The smallest absolute Gasteiger partial charge is 0.290 e. The number of hydrogen-bond donors (Lipinski definition) is 2. The first-order valence-electron chi connectivity index (χ1n) is 7.83. The Bertz CT molecular complexity index is 718. The van der Waals surface area contributed by atoms with Gasteiger partial charge in [-0.25, -0.2) is 4.39 Å². The number of nitrogens with one attached hydrogen (secondary N) is 1. The third-order valence-electron chi connectivity index (χ3n) is 4.30. The van der Waals surface area contributed by atoms with Crippen LogP contribution in [0.3, 0.4) is 0 Å². The van der Waals surface area contributed by atoms with Gasteiger partial charge in [0.15, 0.2) is 0 Å². The summed E-state index contributed by atoms with van der Waals surface area (Å²) in [5, 5.41) is 16.7. The molecule has 0 bridgehead atoms. The van der Waals surface area contributed by atoms with Crippen LogP contribution in [0.25, 0.3) is 11.3 Å². The lowest BCUT2D eigenvalue weighted by Gasteiger charge is -2.33. The number of aromatic nitrogens is 1. The summed E-state index contributed by atoms with van der Waals surface area (Å²) >= 11 is 0. The molecule has 1 fully saturated rings. The van der Waals surface area contributed by atoms with Crippen molar-refractivity contribution in [2.24, 2.45) is 0 Å². The Hall–Kier alpha value is -2.25. The van der Waals surface area contributed by atoms with E-state index in [0.717, 1.165) is 12.8 Å². The minimum Gasteiger partial charge on any atom is -0.388 e. The van der Waals surface area contributed by atoms with Crippen LogP contribution in [-0.4, -0.2) is 41.5 Å². The average molecular weight is 334 g/mol. The standard InChI is InChI=1S/C17H19FN2O4/c1-23-14-8-4-7-12(16(14)21)19-17(22)15-9-13(20-24-15)10-5-2-3-6-11(10)18/h2-3,5-6,9,12,14,16,21H,4,7-8H2,1H3,(H,19,22)/t12-,14-,16-/m1/s1. The Morgan fingerprint density at radius 3 is 2.96 bits per heavy atom. The second-order valence-corrected chi connectivity index (χ2v) is 5.83. The molecule has 6 nitrogen and oxygen atoms in total. The molecule has 0 saturated heterocycles. The monoisotopic (exact) mass is 334 g/mol. The third kappa shape index (κ3) is 3.32. The highest BCUT2D eigenvalue weighted by molar-refractivity contribution is 5.92. The molecule has 1 saturated carbocycles. The van der Waals surface area contributed by atoms with Gasteiger partial charge in [0.1, 0.15) is 17.6 Å². The third-order valence-corrected chi connectivity index (χ3v) is 4.30. The maximum Gasteiger partial charge on any atom is 0.290 e. The molecule has 1 aromatic heterocycles. The number of carbonyl (C=O) groups is 1. The van der Waals surface area contributed by atoms with Crippen LogP contribution in [0.5, 0.6) is 0 Å². The number of amides is 1.